The molecule has 2 rings (SSSR count). The van der Waals surface area contributed by atoms with Gasteiger partial charge in [-0.2, -0.15) is 0 Å². The molecular formula is C12H17N3OS. The van der Waals surface area contributed by atoms with Crippen LogP contribution in [0.1, 0.15) is 5.69 Å². The Balaban J connectivity index is 1.94. The molecule has 0 atom stereocenters. The van der Waals surface area contributed by atoms with Crippen LogP contribution < -0.4 is 5.32 Å². The zero-order valence-corrected chi connectivity index (χ0v) is 11.0. The fourth-order valence-corrected chi connectivity index (χ4v) is 2.25. The molecule has 2 aromatic heterocycles. The van der Waals surface area contributed by atoms with Gasteiger partial charge in [-0.15, -0.1) is 11.3 Å². The van der Waals surface area contributed by atoms with Crippen LogP contribution >= 0.6 is 11.3 Å². The molecule has 17 heavy (non-hydrogen) atoms. The molecule has 0 saturated carbocycles. The van der Waals surface area contributed by atoms with E-state index in [1.54, 1.807) is 11.3 Å². The van der Waals surface area contributed by atoms with Crippen LogP contribution in [0.2, 0.25) is 0 Å². The van der Waals surface area contributed by atoms with Crippen LogP contribution in [-0.4, -0.2) is 37.2 Å². The highest BCUT2D eigenvalue weighted by atomic mass is 32.1. The molecule has 0 fully saturated rings. The Labute approximate surface area is 105 Å². The van der Waals surface area contributed by atoms with Crippen molar-refractivity contribution in [1.82, 2.24) is 15.4 Å². The summed E-state index contributed by atoms with van der Waals surface area (Å²) in [5, 5.41) is 9.26. The highest BCUT2D eigenvalue weighted by Crippen LogP contribution is 2.25. The average Bonchev–Trinajstić information content (AvgIpc) is 2.95. The Hall–Kier alpha value is -1.17. The van der Waals surface area contributed by atoms with Gasteiger partial charge in [0.2, 0.25) is 0 Å². The van der Waals surface area contributed by atoms with Crippen molar-refractivity contribution in [2.24, 2.45) is 0 Å². The van der Waals surface area contributed by atoms with E-state index < -0.39 is 0 Å². The number of hydrogen-bond acceptors (Lipinski definition) is 5. The molecule has 0 aliphatic heterocycles. The molecule has 2 aromatic rings. The van der Waals surface area contributed by atoms with Gasteiger partial charge in [-0.3, -0.25) is 4.90 Å². The first-order chi connectivity index (χ1) is 8.29. The molecule has 0 spiro atoms. The topological polar surface area (TPSA) is 41.3 Å². The second kappa shape index (κ2) is 5.95. The molecular weight excluding hydrogens is 234 g/mol. The van der Waals surface area contributed by atoms with Crippen molar-refractivity contribution in [2.45, 2.75) is 6.54 Å². The molecule has 0 aromatic carbocycles. The minimum atomic E-state index is 0.816. The standard InChI is InChI=1S/C12H17N3OS/c1-13-5-6-15(2)9-10-8-11(16-14-10)12-4-3-7-17-12/h3-4,7-8,13H,5-6,9H2,1-2H3. The van der Waals surface area contributed by atoms with Gasteiger partial charge in [0.15, 0.2) is 5.76 Å². The van der Waals surface area contributed by atoms with E-state index in [0.29, 0.717) is 0 Å². The van der Waals surface area contributed by atoms with E-state index >= 15 is 0 Å². The van der Waals surface area contributed by atoms with Crippen LogP contribution in [0.5, 0.6) is 0 Å². The van der Waals surface area contributed by atoms with Crippen LogP contribution in [-0.2, 0) is 6.54 Å². The lowest BCUT2D eigenvalue weighted by Gasteiger charge is -2.13. The quantitative estimate of drug-likeness (QED) is 0.853. The first-order valence-corrected chi connectivity index (χ1v) is 6.50. The van der Waals surface area contributed by atoms with E-state index in [2.05, 4.69) is 22.4 Å². The van der Waals surface area contributed by atoms with Crippen LogP contribution in [0, 0.1) is 0 Å². The van der Waals surface area contributed by atoms with Gasteiger partial charge in [0.25, 0.3) is 0 Å². The smallest absolute Gasteiger partial charge is 0.177 e. The Morgan fingerprint density at radius 2 is 2.41 bits per heavy atom. The zero-order chi connectivity index (χ0) is 12.1. The normalized spacial score (nSPS) is 11.2. The minimum Gasteiger partial charge on any atom is -0.355 e. The van der Waals surface area contributed by atoms with Crippen LogP contribution in [0.25, 0.3) is 10.6 Å². The van der Waals surface area contributed by atoms with E-state index in [1.165, 1.54) is 0 Å². The zero-order valence-electron chi connectivity index (χ0n) is 10.1. The maximum atomic E-state index is 5.33. The van der Waals surface area contributed by atoms with Crippen LogP contribution in [0.4, 0.5) is 0 Å². The third-order valence-corrected chi connectivity index (χ3v) is 3.38. The molecule has 0 aliphatic carbocycles. The lowest BCUT2D eigenvalue weighted by atomic mass is 10.3. The SMILES string of the molecule is CNCCN(C)Cc1cc(-c2cccs2)on1. The van der Waals surface area contributed by atoms with Gasteiger partial charge in [-0.1, -0.05) is 11.2 Å². The third-order valence-electron chi connectivity index (χ3n) is 2.50. The van der Waals surface area contributed by atoms with E-state index in [1.807, 2.05) is 30.6 Å². The fraction of sp³-hybridized carbons (Fsp3) is 0.417. The molecule has 0 amide bonds. The first kappa shape index (κ1) is 12.3. The summed E-state index contributed by atoms with van der Waals surface area (Å²) in [4.78, 5) is 3.34. The summed E-state index contributed by atoms with van der Waals surface area (Å²) in [7, 11) is 4.04. The fourth-order valence-electron chi connectivity index (χ4n) is 1.58. The van der Waals surface area contributed by atoms with E-state index in [4.69, 9.17) is 4.52 Å². The van der Waals surface area contributed by atoms with E-state index in [0.717, 1.165) is 36.0 Å². The number of hydrogen-bond donors (Lipinski definition) is 1. The molecule has 1 N–H and O–H groups in total. The van der Waals surface area contributed by atoms with Crippen molar-refractivity contribution in [1.29, 1.82) is 0 Å². The van der Waals surface area contributed by atoms with Crippen molar-refractivity contribution < 1.29 is 4.52 Å². The predicted molar refractivity (Wildman–Crippen MR) is 70.1 cm³/mol. The molecule has 5 heteroatoms. The van der Waals surface area contributed by atoms with E-state index in [-0.39, 0.29) is 0 Å². The lowest BCUT2D eigenvalue weighted by molar-refractivity contribution is 0.313. The molecule has 4 nitrogen and oxygen atoms in total. The third kappa shape index (κ3) is 3.39. The number of thiophene rings is 1. The van der Waals surface area contributed by atoms with Crippen molar-refractivity contribution in [2.75, 3.05) is 27.2 Å². The van der Waals surface area contributed by atoms with Crippen LogP contribution in [0.15, 0.2) is 28.1 Å². The molecule has 0 bridgehead atoms. The summed E-state index contributed by atoms with van der Waals surface area (Å²) >= 11 is 1.66. The first-order valence-electron chi connectivity index (χ1n) is 5.62. The number of rotatable bonds is 6. The summed E-state index contributed by atoms with van der Waals surface area (Å²) in [5.41, 5.74) is 0.979. The van der Waals surface area contributed by atoms with Crippen molar-refractivity contribution in [3.63, 3.8) is 0 Å². The summed E-state index contributed by atoms with van der Waals surface area (Å²) in [5.74, 6) is 0.858. The van der Waals surface area contributed by atoms with Gasteiger partial charge in [-0.05, 0) is 25.5 Å². The largest absolute Gasteiger partial charge is 0.355 e. The molecule has 0 saturated heterocycles. The van der Waals surface area contributed by atoms with E-state index in [9.17, 15) is 0 Å². The van der Waals surface area contributed by atoms with Gasteiger partial charge in [-0.25, -0.2) is 0 Å². The summed E-state index contributed by atoms with van der Waals surface area (Å²) in [6.45, 7) is 2.79. The van der Waals surface area contributed by atoms with Gasteiger partial charge in [0.1, 0.15) is 0 Å². The van der Waals surface area contributed by atoms with Gasteiger partial charge in [0.05, 0.1) is 10.6 Å². The second-order valence-corrected chi connectivity index (χ2v) is 4.95. The Morgan fingerprint density at radius 3 is 3.12 bits per heavy atom. The molecule has 92 valence electrons. The summed E-state index contributed by atoms with van der Waals surface area (Å²) in [6, 6.07) is 6.07. The second-order valence-electron chi connectivity index (χ2n) is 4.00. The number of nitrogens with one attached hydrogen (secondary N) is 1. The minimum absolute atomic E-state index is 0.816. The highest BCUT2D eigenvalue weighted by Gasteiger charge is 2.09. The molecule has 0 radical (unpaired) electrons. The Bertz CT molecular complexity index is 438. The maximum Gasteiger partial charge on any atom is 0.177 e. The number of likely N-dealkylation sites (N-methyl/N-ethyl adjacent to an activating group) is 2. The monoisotopic (exact) mass is 251 g/mol. The molecule has 0 unspecified atom stereocenters. The van der Waals surface area contributed by atoms with Gasteiger partial charge >= 0.3 is 0 Å². The van der Waals surface area contributed by atoms with Gasteiger partial charge < -0.3 is 9.84 Å². The Kier molecular flexibility index (Phi) is 4.30. The van der Waals surface area contributed by atoms with Crippen molar-refractivity contribution >= 4 is 11.3 Å². The predicted octanol–water partition coefficient (Wildman–Crippen LogP) is 2.05. The summed E-state index contributed by atoms with van der Waals surface area (Å²) < 4.78 is 5.33. The Morgan fingerprint density at radius 1 is 1.53 bits per heavy atom. The maximum absolute atomic E-state index is 5.33. The number of nitrogens with zero attached hydrogens (tertiary/aromatic N) is 2. The van der Waals surface area contributed by atoms with Crippen molar-refractivity contribution in [3.8, 4) is 10.6 Å². The number of aromatic nitrogens is 1. The highest BCUT2D eigenvalue weighted by molar-refractivity contribution is 7.13. The average molecular weight is 251 g/mol. The summed E-state index contributed by atoms with van der Waals surface area (Å²) in [6.07, 6.45) is 0. The van der Waals surface area contributed by atoms with Crippen LogP contribution in [0.3, 0.4) is 0 Å². The molecule has 0 aliphatic rings. The van der Waals surface area contributed by atoms with Gasteiger partial charge in [0, 0.05) is 25.7 Å². The van der Waals surface area contributed by atoms with Crippen molar-refractivity contribution in [3.05, 3.63) is 29.3 Å². The molecule has 2 heterocycles. The lowest BCUT2D eigenvalue weighted by Crippen LogP contribution is -2.27.